The van der Waals surface area contributed by atoms with Crippen molar-refractivity contribution in [2.24, 2.45) is 0 Å². The van der Waals surface area contributed by atoms with E-state index in [0.29, 0.717) is 25.2 Å². The first-order valence-corrected chi connectivity index (χ1v) is 9.78. The highest BCUT2D eigenvalue weighted by molar-refractivity contribution is 5.92. The van der Waals surface area contributed by atoms with Gasteiger partial charge in [-0.05, 0) is 55.3 Å². The van der Waals surface area contributed by atoms with Gasteiger partial charge in [0, 0.05) is 37.8 Å². The van der Waals surface area contributed by atoms with Gasteiger partial charge in [0.2, 0.25) is 5.91 Å². The normalized spacial score (nSPS) is 20.7. The van der Waals surface area contributed by atoms with Gasteiger partial charge in [-0.3, -0.25) is 9.69 Å². The predicted octanol–water partition coefficient (Wildman–Crippen LogP) is 4.98. The van der Waals surface area contributed by atoms with Gasteiger partial charge >= 0.3 is 6.18 Å². The van der Waals surface area contributed by atoms with E-state index in [9.17, 15) is 22.4 Å². The Morgan fingerprint density at radius 1 is 1.00 bits per heavy atom. The molecule has 0 aromatic heterocycles. The number of piperazine rings is 1. The number of hydrogen-bond donors (Lipinski definition) is 0. The van der Waals surface area contributed by atoms with E-state index in [4.69, 9.17) is 0 Å². The molecule has 0 bridgehead atoms. The second kappa shape index (κ2) is 9.00. The van der Waals surface area contributed by atoms with Gasteiger partial charge in [0.1, 0.15) is 5.82 Å². The van der Waals surface area contributed by atoms with E-state index >= 15 is 0 Å². The van der Waals surface area contributed by atoms with Crippen LogP contribution >= 0.6 is 0 Å². The molecule has 0 saturated carbocycles. The molecule has 1 fully saturated rings. The number of alkyl halides is 3. The van der Waals surface area contributed by atoms with Crippen LogP contribution in [-0.4, -0.2) is 40.9 Å². The Labute approximate surface area is 173 Å². The van der Waals surface area contributed by atoms with Crippen LogP contribution in [0.3, 0.4) is 0 Å². The third-order valence-corrected chi connectivity index (χ3v) is 5.35. The molecule has 0 unspecified atom stereocenters. The van der Waals surface area contributed by atoms with E-state index in [1.54, 1.807) is 17.0 Å². The molecule has 1 heterocycles. The van der Waals surface area contributed by atoms with Gasteiger partial charge < -0.3 is 4.90 Å². The molecule has 1 aliphatic heterocycles. The van der Waals surface area contributed by atoms with Crippen LogP contribution in [0.25, 0.3) is 6.08 Å². The number of rotatable bonds is 4. The first-order valence-electron chi connectivity index (χ1n) is 9.78. The summed E-state index contributed by atoms with van der Waals surface area (Å²) < 4.78 is 51.0. The quantitative estimate of drug-likeness (QED) is 0.515. The second-order valence-electron chi connectivity index (χ2n) is 7.70. The lowest BCUT2D eigenvalue weighted by atomic mass is 10.1. The summed E-state index contributed by atoms with van der Waals surface area (Å²) in [5, 5.41) is 0. The number of hydrogen-bond acceptors (Lipinski definition) is 2. The largest absolute Gasteiger partial charge is 0.416 e. The van der Waals surface area contributed by atoms with Crippen LogP contribution in [0.5, 0.6) is 0 Å². The monoisotopic (exact) mass is 420 g/mol. The second-order valence-corrected chi connectivity index (χ2v) is 7.70. The van der Waals surface area contributed by atoms with E-state index in [2.05, 4.69) is 4.90 Å². The standard InChI is InChI=1S/C23H24F4N2O/c1-16-14-29(17(2)13-28(16)15-19-5-10-21(24)11-6-19)22(30)12-7-18-3-8-20(9-4-18)23(25,26)27/h3-12,16-17H,13-15H2,1-2H3/t16-,17+/m0/s1. The summed E-state index contributed by atoms with van der Waals surface area (Å²) in [4.78, 5) is 16.7. The zero-order valence-corrected chi connectivity index (χ0v) is 16.9. The fourth-order valence-corrected chi connectivity index (χ4v) is 3.60. The fraction of sp³-hybridized carbons (Fsp3) is 0.348. The summed E-state index contributed by atoms with van der Waals surface area (Å²) in [5.74, 6) is -0.439. The van der Waals surface area contributed by atoms with Gasteiger partial charge in [-0.25, -0.2) is 4.39 Å². The fourth-order valence-electron chi connectivity index (χ4n) is 3.60. The highest BCUT2D eigenvalue weighted by Crippen LogP contribution is 2.29. The van der Waals surface area contributed by atoms with Gasteiger partial charge in [0.25, 0.3) is 0 Å². The average molecular weight is 420 g/mol. The topological polar surface area (TPSA) is 23.6 Å². The molecule has 3 nitrogen and oxygen atoms in total. The number of carbonyl (C=O) groups excluding carboxylic acids is 1. The van der Waals surface area contributed by atoms with Crippen LogP contribution in [0.2, 0.25) is 0 Å². The molecule has 30 heavy (non-hydrogen) atoms. The van der Waals surface area contributed by atoms with Crippen molar-refractivity contribution in [3.63, 3.8) is 0 Å². The average Bonchev–Trinajstić information content (AvgIpc) is 2.70. The molecule has 2 aromatic carbocycles. The molecular formula is C23H24F4N2O. The van der Waals surface area contributed by atoms with Crippen molar-refractivity contribution in [2.75, 3.05) is 13.1 Å². The maximum absolute atomic E-state index is 13.1. The summed E-state index contributed by atoms with van der Waals surface area (Å²) in [6, 6.07) is 11.2. The molecular weight excluding hydrogens is 396 g/mol. The number of carbonyl (C=O) groups is 1. The maximum atomic E-state index is 13.1. The van der Waals surface area contributed by atoms with Crippen LogP contribution in [0.4, 0.5) is 17.6 Å². The first-order chi connectivity index (χ1) is 14.1. The number of nitrogens with zero attached hydrogens (tertiary/aromatic N) is 2. The lowest BCUT2D eigenvalue weighted by molar-refractivity contribution is -0.137. The van der Waals surface area contributed by atoms with Crippen LogP contribution < -0.4 is 0 Å². The van der Waals surface area contributed by atoms with Crippen molar-refractivity contribution >= 4 is 12.0 Å². The zero-order chi connectivity index (χ0) is 21.9. The van der Waals surface area contributed by atoms with Gasteiger partial charge in [0.05, 0.1) is 5.56 Å². The van der Waals surface area contributed by atoms with Crippen LogP contribution in [0.1, 0.15) is 30.5 Å². The van der Waals surface area contributed by atoms with E-state index in [-0.39, 0.29) is 23.8 Å². The molecule has 0 N–H and O–H groups in total. The number of amides is 1. The van der Waals surface area contributed by atoms with E-state index in [1.807, 2.05) is 13.8 Å². The summed E-state index contributed by atoms with van der Waals surface area (Å²) >= 11 is 0. The molecule has 0 spiro atoms. The lowest BCUT2D eigenvalue weighted by Crippen LogP contribution is -2.57. The van der Waals surface area contributed by atoms with Gasteiger partial charge in [-0.15, -0.1) is 0 Å². The Morgan fingerprint density at radius 2 is 1.63 bits per heavy atom. The summed E-state index contributed by atoms with van der Waals surface area (Å²) in [6.07, 6.45) is -1.44. The van der Waals surface area contributed by atoms with Crippen LogP contribution in [-0.2, 0) is 17.5 Å². The Morgan fingerprint density at radius 3 is 2.23 bits per heavy atom. The SMILES string of the molecule is C[C@@H]1CN(Cc2ccc(F)cc2)[C@@H](C)CN1C(=O)C=Cc1ccc(C(F)(F)F)cc1. The minimum absolute atomic E-state index is 0.0218. The molecule has 7 heteroatoms. The Kier molecular flexibility index (Phi) is 6.61. The lowest BCUT2D eigenvalue weighted by Gasteiger charge is -2.44. The molecule has 160 valence electrons. The maximum Gasteiger partial charge on any atom is 0.416 e. The van der Waals surface area contributed by atoms with E-state index in [1.165, 1.54) is 36.4 Å². The number of halogens is 4. The van der Waals surface area contributed by atoms with Crippen molar-refractivity contribution in [3.8, 4) is 0 Å². The molecule has 0 radical (unpaired) electrons. The molecule has 1 saturated heterocycles. The summed E-state index contributed by atoms with van der Waals surface area (Å²) in [6.45, 7) is 5.90. The zero-order valence-electron chi connectivity index (χ0n) is 16.9. The molecule has 3 rings (SSSR count). The van der Waals surface area contributed by atoms with Gasteiger partial charge in [-0.2, -0.15) is 13.2 Å². The third kappa shape index (κ3) is 5.48. The Hall–Kier alpha value is -2.67. The van der Waals surface area contributed by atoms with Gasteiger partial charge in [0.15, 0.2) is 0 Å². The third-order valence-electron chi connectivity index (χ3n) is 5.35. The number of benzene rings is 2. The molecule has 2 atom stereocenters. The Bertz CT molecular complexity index is 891. The van der Waals surface area contributed by atoms with Gasteiger partial charge in [-0.1, -0.05) is 24.3 Å². The van der Waals surface area contributed by atoms with E-state index in [0.717, 1.165) is 17.7 Å². The summed E-state index contributed by atoms with van der Waals surface area (Å²) in [7, 11) is 0. The highest BCUT2D eigenvalue weighted by atomic mass is 19.4. The predicted molar refractivity (Wildman–Crippen MR) is 108 cm³/mol. The molecule has 2 aromatic rings. The molecule has 1 amide bonds. The minimum atomic E-state index is -4.38. The van der Waals surface area contributed by atoms with Crippen LogP contribution in [0, 0.1) is 5.82 Å². The first kappa shape index (κ1) is 22.0. The van der Waals surface area contributed by atoms with Crippen molar-refractivity contribution in [1.82, 2.24) is 9.80 Å². The van der Waals surface area contributed by atoms with E-state index < -0.39 is 11.7 Å². The molecule has 0 aliphatic carbocycles. The molecule has 1 aliphatic rings. The van der Waals surface area contributed by atoms with Crippen LogP contribution in [0.15, 0.2) is 54.6 Å². The van der Waals surface area contributed by atoms with Crippen molar-refractivity contribution in [1.29, 1.82) is 0 Å². The summed E-state index contributed by atoms with van der Waals surface area (Å²) in [5.41, 5.74) is 0.829. The highest BCUT2D eigenvalue weighted by Gasteiger charge is 2.31. The smallest absolute Gasteiger partial charge is 0.334 e. The van der Waals surface area contributed by atoms with Crippen molar-refractivity contribution in [3.05, 3.63) is 77.1 Å². The minimum Gasteiger partial charge on any atom is -0.334 e. The van der Waals surface area contributed by atoms with Crippen molar-refractivity contribution < 1.29 is 22.4 Å². The Balaban J connectivity index is 1.60. The van der Waals surface area contributed by atoms with Crippen molar-refractivity contribution in [2.45, 2.75) is 38.7 Å².